The Morgan fingerprint density at radius 3 is 3.00 bits per heavy atom. The van der Waals surface area contributed by atoms with Crippen molar-refractivity contribution in [2.75, 3.05) is 6.50 Å². The van der Waals surface area contributed by atoms with E-state index in [4.69, 9.17) is 16.3 Å². The Hall–Kier alpha value is -1.02. The summed E-state index contributed by atoms with van der Waals surface area (Å²) in [5.41, 5.74) is 5.09. The van der Waals surface area contributed by atoms with Gasteiger partial charge >= 0.3 is 0 Å². The van der Waals surface area contributed by atoms with E-state index in [1.165, 1.54) is 18.2 Å². The van der Waals surface area contributed by atoms with Gasteiger partial charge < -0.3 is 10.8 Å². The van der Waals surface area contributed by atoms with Gasteiger partial charge in [-0.1, -0.05) is 12.1 Å². The number of phenols is 1. The zero-order valence-electron chi connectivity index (χ0n) is 9.33. The van der Waals surface area contributed by atoms with Crippen molar-refractivity contribution in [1.29, 1.82) is 0 Å². The first-order valence-corrected chi connectivity index (χ1v) is 2.83. The Morgan fingerprint density at radius 2 is 2.40 bits per heavy atom. The molecule has 1 aromatic rings. The molecule has 2 heteroatoms. The van der Waals surface area contributed by atoms with Crippen LogP contribution in [0.5, 0.6) is 5.75 Å². The maximum Gasteiger partial charge on any atom is 0.115 e. The Kier molecular flexibility index (Phi) is 1.09. The van der Waals surface area contributed by atoms with E-state index < -0.39 is 12.9 Å². The number of phenolic OH excluding ortho intramolecular Hbond substituents is 1. The van der Waals surface area contributed by atoms with Crippen LogP contribution in [0.1, 0.15) is 11.0 Å². The van der Waals surface area contributed by atoms with Gasteiger partial charge in [-0.25, -0.2) is 0 Å². The molecule has 0 aliphatic heterocycles. The van der Waals surface area contributed by atoms with Crippen LogP contribution in [0.15, 0.2) is 24.3 Å². The Balaban J connectivity index is 3.16. The lowest BCUT2D eigenvalue weighted by Crippen LogP contribution is -2.01. The summed E-state index contributed by atoms with van der Waals surface area (Å²) in [4.78, 5) is 0. The van der Waals surface area contributed by atoms with Crippen molar-refractivity contribution in [2.45, 2.75) is 6.37 Å². The predicted molar refractivity (Wildman–Crippen MR) is 40.9 cm³/mol. The molecule has 3 N–H and O–H groups in total. The second kappa shape index (κ2) is 3.22. The van der Waals surface area contributed by atoms with E-state index >= 15 is 0 Å². The van der Waals surface area contributed by atoms with E-state index in [0.717, 1.165) is 6.07 Å². The second-order valence-electron chi connectivity index (χ2n) is 1.82. The third-order valence-corrected chi connectivity index (χ3v) is 1.06. The van der Waals surface area contributed by atoms with Gasteiger partial charge in [0.15, 0.2) is 0 Å². The normalized spacial score (nSPS) is 18.5. The van der Waals surface area contributed by atoms with Gasteiger partial charge in [0.05, 0.1) is 0 Å². The molecule has 0 unspecified atom stereocenters. The van der Waals surface area contributed by atoms with E-state index in [-0.39, 0.29) is 11.3 Å². The molecule has 2 nitrogen and oxygen atoms in total. The molecule has 1 aromatic carbocycles. The molecule has 0 heterocycles. The van der Waals surface area contributed by atoms with E-state index in [1.807, 2.05) is 0 Å². The van der Waals surface area contributed by atoms with Gasteiger partial charge in [0.25, 0.3) is 0 Å². The van der Waals surface area contributed by atoms with Crippen LogP contribution in [0.4, 0.5) is 0 Å². The standard InChI is InChI=1S/C8H11NO/c9-5-4-7-2-1-3-8(10)6-7/h1-3,6,10H,4-5,9H2/i4D2,5D2. The Labute approximate surface area is 65.9 Å². The molecule has 0 saturated heterocycles. The molecule has 0 atom stereocenters. The van der Waals surface area contributed by atoms with E-state index in [1.54, 1.807) is 0 Å². The molecule has 10 heavy (non-hydrogen) atoms. The SMILES string of the molecule is [2H]C([2H])(N)C([2H])([2H])c1cccc(O)c1. The van der Waals surface area contributed by atoms with Gasteiger partial charge in [-0.05, 0) is 30.6 Å². The molecule has 0 radical (unpaired) electrons. The smallest absolute Gasteiger partial charge is 0.115 e. The summed E-state index contributed by atoms with van der Waals surface area (Å²) in [6.07, 6.45) is -2.33. The number of rotatable bonds is 2. The minimum absolute atomic E-state index is 0.0185. The quantitative estimate of drug-likeness (QED) is 0.642. The molecular weight excluding hydrogens is 126 g/mol. The summed E-state index contributed by atoms with van der Waals surface area (Å²) in [5.74, 6) is -0.115. The molecule has 0 aliphatic rings. The lowest BCUT2D eigenvalue weighted by molar-refractivity contribution is 0.474. The van der Waals surface area contributed by atoms with Crippen molar-refractivity contribution in [3.63, 3.8) is 0 Å². The predicted octanol–water partition coefficient (Wildman–Crippen LogP) is 0.893. The van der Waals surface area contributed by atoms with Crippen molar-refractivity contribution in [2.24, 2.45) is 5.73 Å². The number of hydrogen-bond donors (Lipinski definition) is 2. The van der Waals surface area contributed by atoms with E-state index in [9.17, 15) is 0 Å². The van der Waals surface area contributed by atoms with Crippen molar-refractivity contribution in [3.8, 4) is 5.75 Å². The lowest BCUT2D eigenvalue weighted by Gasteiger charge is -1.97. The highest BCUT2D eigenvalue weighted by molar-refractivity contribution is 5.27. The van der Waals surface area contributed by atoms with Crippen LogP contribution < -0.4 is 5.73 Å². The summed E-state index contributed by atoms with van der Waals surface area (Å²) >= 11 is 0. The largest absolute Gasteiger partial charge is 0.508 e. The first kappa shape index (κ1) is 3.39. The topological polar surface area (TPSA) is 46.2 Å². The first-order chi connectivity index (χ1) is 6.25. The van der Waals surface area contributed by atoms with Crippen LogP contribution in [0.25, 0.3) is 0 Å². The van der Waals surface area contributed by atoms with Crippen LogP contribution in [0.2, 0.25) is 0 Å². The van der Waals surface area contributed by atoms with Crippen LogP contribution in [0, 0.1) is 0 Å². The molecule has 0 aliphatic carbocycles. The number of aromatic hydroxyl groups is 1. The highest BCUT2D eigenvalue weighted by atomic mass is 16.3. The lowest BCUT2D eigenvalue weighted by atomic mass is 10.1. The third-order valence-electron chi connectivity index (χ3n) is 1.06. The molecule has 54 valence electrons. The molecule has 0 spiro atoms. The highest BCUT2D eigenvalue weighted by Crippen LogP contribution is 2.10. The van der Waals surface area contributed by atoms with Crippen molar-refractivity contribution < 1.29 is 10.6 Å². The monoisotopic (exact) mass is 141 g/mol. The van der Waals surface area contributed by atoms with Crippen LogP contribution in [-0.4, -0.2) is 11.6 Å². The fourth-order valence-corrected chi connectivity index (χ4v) is 0.667. The number of aryl methyl sites for hydroxylation is 1. The maximum absolute atomic E-state index is 9.11. The molecule has 0 bridgehead atoms. The fraction of sp³-hybridized carbons (Fsp3) is 0.250. The van der Waals surface area contributed by atoms with Crippen molar-refractivity contribution in [1.82, 2.24) is 0 Å². The zero-order valence-corrected chi connectivity index (χ0v) is 5.33. The minimum Gasteiger partial charge on any atom is -0.508 e. The number of hydrogen-bond acceptors (Lipinski definition) is 2. The zero-order chi connectivity index (χ0) is 11.0. The maximum atomic E-state index is 9.11. The van der Waals surface area contributed by atoms with E-state index in [2.05, 4.69) is 0 Å². The molecule has 0 fully saturated rings. The van der Waals surface area contributed by atoms with Crippen LogP contribution in [-0.2, 0) is 6.37 Å². The Morgan fingerprint density at radius 1 is 1.60 bits per heavy atom. The number of nitrogens with two attached hydrogens (primary N) is 1. The number of benzene rings is 1. The van der Waals surface area contributed by atoms with Gasteiger partial charge in [-0.3, -0.25) is 0 Å². The average Bonchev–Trinajstić information content (AvgIpc) is 2.02. The minimum atomic E-state index is -2.49. The van der Waals surface area contributed by atoms with Crippen molar-refractivity contribution >= 4 is 0 Å². The van der Waals surface area contributed by atoms with Gasteiger partial charge in [0.1, 0.15) is 5.75 Å². The van der Waals surface area contributed by atoms with E-state index in [0.29, 0.717) is 0 Å². The van der Waals surface area contributed by atoms with Gasteiger partial charge in [0, 0.05) is 5.48 Å². The van der Waals surface area contributed by atoms with Gasteiger partial charge in [0.2, 0.25) is 0 Å². The summed E-state index contributed by atoms with van der Waals surface area (Å²) in [5, 5.41) is 9.11. The summed E-state index contributed by atoms with van der Waals surface area (Å²) in [6, 6.07) is 5.36. The summed E-state index contributed by atoms with van der Waals surface area (Å²) in [6.45, 7) is -2.49. The average molecular weight is 141 g/mol. The first-order valence-electron chi connectivity index (χ1n) is 4.83. The summed E-state index contributed by atoms with van der Waals surface area (Å²) in [7, 11) is 0. The van der Waals surface area contributed by atoms with Gasteiger partial charge in [-0.2, -0.15) is 0 Å². The molecule has 0 aromatic heterocycles. The van der Waals surface area contributed by atoms with Gasteiger partial charge in [-0.15, -0.1) is 0 Å². The molecule has 1 rings (SSSR count). The highest BCUT2D eigenvalue weighted by Gasteiger charge is 1.90. The van der Waals surface area contributed by atoms with Crippen LogP contribution in [0.3, 0.4) is 0 Å². The molecule has 0 amide bonds. The van der Waals surface area contributed by atoms with Crippen LogP contribution >= 0.6 is 0 Å². The molecule has 0 saturated carbocycles. The fourth-order valence-electron chi connectivity index (χ4n) is 0.667. The molecular formula is C8H11NO. The van der Waals surface area contributed by atoms with Crippen molar-refractivity contribution in [3.05, 3.63) is 29.8 Å². The second-order valence-corrected chi connectivity index (χ2v) is 1.82. The summed E-state index contributed by atoms with van der Waals surface area (Å²) < 4.78 is 29.2. The Bertz CT molecular complexity index is 334. The third kappa shape index (κ3) is 1.74.